The average molecular weight is 532 g/mol. The standard InChI is InChI=1S/C30H33N3O4S/c1-33(23-10-4-2-5-11-23)29(35)26-14-8-9-15-27(26)31-30(38)32-28(34)22-16-18-25(19-17-22)37-21-20-36-24-12-6-3-7-13-24/h3,6-9,12-19,23H,2,4-5,10-11,20-21H2,1H3,(H2,31,32,34,38). The van der Waals surface area contributed by atoms with Gasteiger partial charge in [0.2, 0.25) is 0 Å². The minimum Gasteiger partial charge on any atom is -0.490 e. The fourth-order valence-electron chi connectivity index (χ4n) is 4.47. The third-order valence-electron chi connectivity index (χ3n) is 6.56. The second kappa shape index (κ2) is 13.6. The summed E-state index contributed by atoms with van der Waals surface area (Å²) in [6.45, 7) is 0.787. The van der Waals surface area contributed by atoms with Gasteiger partial charge in [-0.3, -0.25) is 14.9 Å². The number of nitrogens with one attached hydrogen (secondary N) is 2. The fraction of sp³-hybridized carbons (Fsp3) is 0.300. The summed E-state index contributed by atoms with van der Waals surface area (Å²) in [6, 6.07) is 23.8. The molecule has 0 spiro atoms. The van der Waals surface area contributed by atoms with E-state index in [1.807, 2.05) is 54.4 Å². The highest BCUT2D eigenvalue weighted by Crippen LogP contribution is 2.25. The molecule has 0 bridgehead atoms. The first-order chi connectivity index (χ1) is 18.5. The molecule has 3 aromatic carbocycles. The summed E-state index contributed by atoms with van der Waals surface area (Å²) in [5.41, 5.74) is 1.52. The van der Waals surface area contributed by atoms with Crippen molar-refractivity contribution >= 4 is 34.8 Å². The van der Waals surface area contributed by atoms with Gasteiger partial charge < -0.3 is 19.7 Å². The smallest absolute Gasteiger partial charge is 0.257 e. The number of hydrogen-bond donors (Lipinski definition) is 2. The minimum absolute atomic E-state index is 0.0566. The SMILES string of the molecule is CN(C(=O)c1ccccc1NC(=S)NC(=O)c1ccc(OCCOc2ccccc2)cc1)C1CCCCC1. The van der Waals surface area contributed by atoms with Crippen molar-refractivity contribution in [1.29, 1.82) is 0 Å². The Morgan fingerprint density at radius 2 is 1.45 bits per heavy atom. The molecule has 7 nitrogen and oxygen atoms in total. The first kappa shape index (κ1) is 27.1. The van der Waals surface area contributed by atoms with E-state index in [1.54, 1.807) is 36.4 Å². The monoisotopic (exact) mass is 531 g/mol. The van der Waals surface area contributed by atoms with E-state index >= 15 is 0 Å². The molecule has 0 aromatic heterocycles. The van der Waals surface area contributed by atoms with Crippen LogP contribution in [0.4, 0.5) is 5.69 Å². The highest BCUT2D eigenvalue weighted by atomic mass is 32.1. The number of ether oxygens (including phenoxy) is 2. The van der Waals surface area contributed by atoms with Gasteiger partial charge >= 0.3 is 0 Å². The van der Waals surface area contributed by atoms with Gasteiger partial charge in [-0.1, -0.05) is 49.6 Å². The summed E-state index contributed by atoms with van der Waals surface area (Å²) in [5, 5.41) is 5.83. The summed E-state index contributed by atoms with van der Waals surface area (Å²) in [7, 11) is 1.86. The van der Waals surface area contributed by atoms with Gasteiger partial charge in [0.15, 0.2) is 5.11 Å². The van der Waals surface area contributed by atoms with Crippen molar-refractivity contribution in [3.63, 3.8) is 0 Å². The normalized spacial score (nSPS) is 13.3. The van der Waals surface area contributed by atoms with Crippen LogP contribution in [0.1, 0.15) is 52.8 Å². The van der Waals surface area contributed by atoms with Gasteiger partial charge in [-0.05, 0) is 73.6 Å². The molecule has 0 atom stereocenters. The minimum atomic E-state index is -0.357. The lowest BCUT2D eigenvalue weighted by molar-refractivity contribution is 0.0697. The fourth-order valence-corrected chi connectivity index (χ4v) is 4.67. The first-order valence-electron chi connectivity index (χ1n) is 12.9. The predicted octanol–water partition coefficient (Wildman–Crippen LogP) is 5.68. The molecule has 0 radical (unpaired) electrons. The number of thiocarbonyl (C=S) groups is 1. The lowest BCUT2D eigenvalue weighted by Crippen LogP contribution is -2.39. The van der Waals surface area contributed by atoms with Crippen LogP contribution in [0.5, 0.6) is 11.5 Å². The number of para-hydroxylation sites is 2. The van der Waals surface area contributed by atoms with Crippen LogP contribution in [-0.4, -0.2) is 48.1 Å². The number of carbonyl (C=O) groups excluding carboxylic acids is 2. The van der Waals surface area contributed by atoms with E-state index in [9.17, 15) is 9.59 Å². The Hall–Kier alpha value is -3.91. The molecule has 2 N–H and O–H groups in total. The van der Waals surface area contributed by atoms with Crippen LogP contribution in [0, 0.1) is 0 Å². The van der Waals surface area contributed by atoms with Gasteiger partial charge in [0.25, 0.3) is 11.8 Å². The lowest BCUT2D eigenvalue weighted by atomic mass is 9.94. The number of hydrogen-bond acceptors (Lipinski definition) is 5. The molecule has 1 aliphatic rings. The summed E-state index contributed by atoms with van der Waals surface area (Å²) in [4.78, 5) is 27.8. The summed E-state index contributed by atoms with van der Waals surface area (Å²) >= 11 is 5.38. The van der Waals surface area contributed by atoms with Gasteiger partial charge in [-0.25, -0.2) is 0 Å². The van der Waals surface area contributed by atoms with Crippen molar-refractivity contribution in [1.82, 2.24) is 10.2 Å². The topological polar surface area (TPSA) is 79.9 Å². The maximum absolute atomic E-state index is 13.2. The lowest BCUT2D eigenvalue weighted by Gasteiger charge is -2.31. The molecule has 3 aromatic rings. The van der Waals surface area contributed by atoms with E-state index in [1.165, 1.54) is 6.42 Å². The van der Waals surface area contributed by atoms with Gasteiger partial charge in [0.1, 0.15) is 24.7 Å². The molecule has 1 saturated carbocycles. The summed E-state index contributed by atoms with van der Waals surface area (Å²) in [6.07, 6.45) is 5.57. The Morgan fingerprint density at radius 3 is 2.13 bits per heavy atom. The quantitative estimate of drug-likeness (QED) is 0.273. The maximum atomic E-state index is 13.2. The third kappa shape index (κ3) is 7.55. The first-order valence-corrected chi connectivity index (χ1v) is 13.3. The van der Waals surface area contributed by atoms with E-state index in [-0.39, 0.29) is 23.0 Å². The molecule has 0 saturated heterocycles. The molecular formula is C30H33N3O4S. The summed E-state index contributed by atoms with van der Waals surface area (Å²) in [5.74, 6) is 1.01. The van der Waals surface area contributed by atoms with Crippen molar-refractivity contribution in [2.45, 2.75) is 38.1 Å². The Balaban J connectivity index is 1.27. The Kier molecular flexibility index (Phi) is 9.70. The zero-order chi connectivity index (χ0) is 26.7. The van der Waals surface area contributed by atoms with Gasteiger partial charge in [-0.15, -0.1) is 0 Å². The van der Waals surface area contributed by atoms with Gasteiger partial charge in [-0.2, -0.15) is 0 Å². The molecule has 1 fully saturated rings. The van der Waals surface area contributed by atoms with Crippen molar-refractivity contribution in [2.75, 3.05) is 25.6 Å². The van der Waals surface area contributed by atoms with Crippen LogP contribution in [-0.2, 0) is 0 Å². The second-order valence-electron chi connectivity index (χ2n) is 9.20. The second-order valence-corrected chi connectivity index (χ2v) is 9.60. The van der Waals surface area contributed by atoms with Gasteiger partial charge in [0.05, 0.1) is 11.3 Å². The molecular weight excluding hydrogens is 498 g/mol. The molecule has 8 heteroatoms. The van der Waals surface area contributed by atoms with Crippen LogP contribution in [0.15, 0.2) is 78.9 Å². The van der Waals surface area contributed by atoms with Crippen molar-refractivity contribution < 1.29 is 19.1 Å². The molecule has 0 unspecified atom stereocenters. The molecule has 198 valence electrons. The maximum Gasteiger partial charge on any atom is 0.257 e. The Labute approximate surface area is 229 Å². The predicted molar refractivity (Wildman–Crippen MR) is 153 cm³/mol. The molecule has 4 rings (SSSR count). The number of benzene rings is 3. The number of rotatable bonds is 9. The van der Waals surface area contributed by atoms with Gasteiger partial charge in [0, 0.05) is 18.7 Å². The van der Waals surface area contributed by atoms with E-state index < -0.39 is 0 Å². The Morgan fingerprint density at radius 1 is 0.842 bits per heavy atom. The zero-order valence-electron chi connectivity index (χ0n) is 21.5. The van der Waals surface area contributed by atoms with E-state index in [0.717, 1.165) is 31.4 Å². The third-order valence-corrected chi connectivity index (χ3v) is 6.76. The van der Waals surface area contributed by atoms with E-state index in [4.69, 9.17) is 21.7 Å². The molecule has 2 amide bonds. The largest absolute Gasteiger partial charge is 0.490 e. The number of amides is 2. The Bertz CT molecular complexity index is 1230. The zero-order valence-corrected chi connectivity index (χ0v) is 22.3. The van der Waals surface area contributed by atoms with E-state index in [0.29, 0.717) is 35.8 Å². The highest BCUT2D eigenvalue weighted by Gasteiger charge is 2.24. The molecule has 0 aliphatic heterocycles. The van der Waals surface area contributed by atoms with Crippen molar-refractivity contribution in [3.05, 3.63) is 90.0 Å². The van der Waals surface area contributed by atoms with Crippen molar-refractivity contribution in [3.8, 4) is 11.5 Å². The number of anilines is 1. The van der Waals surface area contributed by atoms with Crippen LogP contribution in [0.25, 0.3) is 0 Å². The summed E-state index contributed by atoms with van der Waals surface area (Å²) < 4.78 is 11.3. The molecule has 1 aliphatic carbocycles. The average Bonchev–Trinajstić information content (AvgIpc) is 2.96. The highest BCUT2D eigenvalue weighted by molar-refractivity contribution is 7.80. The molecule has 38 heavy (non-hydrogen) atoms. The molecule has 0 heterocycles. The van der Waals surface area contributed by atoms with E-state index in [2.05, 4.69) is 10.6 Å². The van der Waals surface area contributed by atoms with Crippen LogP contribution in [0.3, 0.4) is 0 Å². The van der Waals surface area contributed by atoms with Crippen molar-refractivity contribution in [2.24, 2.45) is 0 Å². The van der Waals surface area contributed by atoms with Crippen LogP contribution < -0.4 is 20.1 Å². The number of carbonyl (C=O) groups is 2. The van der Waals surface area contributed by atoms with Crippen LogP contribution in [0.2, 0.25) is 0 Å². The van der Waals surface area contributed by atoms with Crippen LogP contribution >= 0.6 is 12.2 Å². The number of nitrogens with zero attached hydrogens (tertiary/aromatic N) is 1.